The molecule has 0 aliphatic carbocycles. The van der Waals surface area contributed by atoms with Crippen LogP contribution in [0.3, 0.4) is 0 Å². The summed E-state index contributed by atoms with van der Waals surface area (Å²) in [5.74, 6) is 0. The molecular formula is C5H15P2+. The molecule has 0 saturated heterocycles. The molecule has 0 fully saturated rings. The standard InChI is InChI=1S/C5H15P2/c1-4-5-7(2,3)6/h4-6H2,1-3H3/q+1. The van der Waals surface area contributed by atoms with Crippen molar-refractivity contribution in [3.8, 4) is 0 Å². The Morgan fingerprint density at radius 2 is 1.86 bits per heavy atom. The zero-order valence-electron chi connectivity index (χ0n) is 5.44. The second kappa shape index (κ2) is 3.00. The molecule has 0 aliphatic heterocycles. The van der Waals surface area contributed by atoms with Crippen LogP contribution in [-0.4, -0.2) is 19.5 Å². The van der Waals surface area contributed by atoms with Crippen LogP contribution in [0.4, 0.5) is 0 Å². The normalized spacial score (nSPS) is 12.0. The average molecular weight is 137 g/mol. The van der Waals surface area contributed by atoms with Crippen molar-refractivity contribution >= 4 is 15.9 Å². The SMILES string of the molecule is CCC[P+](C)(C)P. The van der Waals surface area contributed by atoms with Crippen molar-refractivity contribution < 1.29 is 0 Å². The van der Waals surface area contributed by atoms with E-state index in [0.717, 1.165) is 0 Å². The van der Waals surface area contributed by atoms with Gasteiger partial charge in [-0.3, -0.25) is 0 Å². The van der Waals surface area contributed by atoms with Crippen molar-refractivity contribution in [3.05, 3.63) is 0 Å². The van der Waals surface area contributed by atoms with E-state index in [4.69, 9.17) is 0 Å². The Morgan fingerprint density at radius 3 is 1.86 bits per heavy atom. The fraction of sp³-hybridized carbons (Fsp3) is 1.00. The van der Waals surface area contributed by atoms with Gasteiger partial charge in [-0.05, 0) is 6.42 Å². The van der Waals surface area contributed by atoms with Crippen molar-refractivity contribution in [2.45, 2.75) is 13.3 Å². The highest BCUT2D eigenvalue weighted by Gasteiger charge is 2.13. The van der Waals surface area contributed by atoms with Crippen LogP contribution in [0.15, 0.2) is 0 Å². The van der Waals surface area contributed by atoms with Crippen LogP contribution in [0.1, 0.15) is 13.3 Å². The third kappa shape index (κ3) is 6.86. The lowest BCUT2D eigenvalue weighted by Gasteiger charge is -2.07. The Balaban J connectivity index is 3.15. The maximum absolute atomic E-state index is 2.95. The summed E-state index contributed by atoms with van der Waals surface area (Å²) in [4.78, 5) is 0. The molecule has 0 heterocycles. The third-order valence-corrected chi connectivity index (χ3v) is 3.17. The summed E-state index contributed by atoms with van der Waals surface area (Å²) >= 11 is 0. The molecule has 0 aliphatic rings. The van der Waals surface area contributed by atoms with Gasteiger partial charge in [-0.2, -0.15) is 0 Å². The predicted molar refractivity (Wildman–Crippen MR) is 43.6 cm³/mol. The van der Waals surface area contributed by atoms with E-state index >= 15 is 0 Å². The summed E-state index contributed by atoms with van der Waals surface area (Å²) in [6.07, 6.45) is 2.75. The molecule has 0 aromatic rings. The second-order valence-electron chi connectivity index (χ2n) is 2.50. The highest BCUT2D eigenvalue weighted by atomic mass is 32.1. The van der Waals surface area contributed by atoms with Crippen LogP contribution in [0.25, 0.3) is 0 Å². The summed E-state index contributed by atoms with van der Waals surface area (Å²) in [7, 11) is 2.95. The van der Waals surface area contributed by atoms with Gasteiger partial charge in [-0.25, -0.2) is 0 Å². The summed E-state index contributed by atoms with van der Waals surface area (Å²) in [6, 6.07) is 0. The Bertz CT molecular complexity index is 44.5. The summed E-state index contributed by atoms with van der Waals surface area (Å²) in [5.41, 5.74) is 0. The first kappa shape index (κ1) is 7.86. The minimum atomic E-state index is -0.499. The lowest BCUT2D eigenvalue weighted by Crippen LogP contribution is -1.82. The van der Waals surface area contributed by atoms with E-state index in [2.05, 4.69) is 29.2 Å². The molecule has 44 valence electrons. The Morgan fingerprint density at radius 1 is 1.43 bits per heavy atom. The van der Waals surface area contributed by atoms with Gasteiger partial charge in [0.25, 0.3) is 0 Å². The van der Waals surface area contributed by atoms with Gasteiger partial charge >= 0.3 is 0 Å². The topological polar surface area (TPSA) is 0 Å². The van der Waals surface area contributed by atoms with Crippen LogP contribution >= 0.6 is 15.9 Å². The third-order valence-electron chi connectivity index (χ3n) is 0.800. The minimum Gasteiger partial charge on any atom is -0.0619 e. The number of hydrogen-bond acceptors (Lipinski definition) is 0. The number of rotatable bonds is 2. The first-order chi connectivity index (χ1) is 3.06. The smallest absolute Gasteiger partial charge is 0.0603 e. The summed E-state index contributed by atoms with van der Waals surface area (Å²) in [6.45, 7) is 6.44. The minimum absolute atomic E-state index is 0.499. The zero-order chi connectivity index (χ0) is 5.91. The molecule has 7 heavy (non-hydrogen) atoms. The molecule has 0 nitrogen and oxygen atoms in total. The van der Waals surface area contributed by atoms with Crippen molar-refractivity contribution in [2.24, 2.45) is 0 Å². The fourth-order valence-corrected chi connectivity index (χ4v) is 2.50. The van der Waals surface area contributed by atoms with E-state index in [0.29, 0.717) is 0 Å². The molecule has 0 aromatic heterocycles. The quantitative estimate of drug-likeness (QED) is 0.513. The molecule has 2 heteroatoms. The lowest BCUT2D eigenvalue weighted by atomic mass is 10.6. The van der Waals surface area contributed by atoms with Crippen molar-refractivity contribution in [3.63, 3.8) is 0 Å². The van der Waals surface area contributed by atoms with Crippen LogP contribution in [0, 0.1) is 0 Å². The Labute approximate surface area is 49.5 Å². The van der Waals surface area contributed by atoms with Gasteiger partial charge in [0, 0.05) is 15.9 Å². The zero-order valence-corrected chi connectivity index (χ0v) is 7.49. The molecule has 0 N–H and O–H groups in total. The molecule has 0 bridgehead atoms. The number of hydrogen-bond donors (Lipinski definition) is 0. The van der Waals surface area contributed by atoms with E-state index in [1.165, 1.54) is 12.6 Å². The van der Waals surface area contributed by atoms with Gasteiger partial charge in [0.2, 0.25) is 0 Å². The largest absolute Gasteiger partial charge is 0.0619 e. The maximum Gasteiger partial charge on any atom is 0.0603 e. The van der Waals surface area contributed by atoms with Gasteiger partial charge in [0.05, 0.1) is 19.5 Å². The molecule has 0 amide bonds. The average Bonchev–Trinajstić information content (AvgIpc) is 1.30. The molecular weight excluding hydrogens is 122 g/mol. The van der Waals surface area contributed by atoms with Crippen LogP contribution in [0.2, 0.25) is 0 Å². The summed E-state index contributed by atoms with van der Waals surface area (Å²) in [5, 5.41) is 0. The highest BCUT2D eigenvalue weighted by molar-refractivity contribution is 8.24. The lowest BCUT2D eigenvalue weighted by molar-refractivity contribution is 1.10. The molecule has 0 saturated carbocycles. The molecule has 0 spiro atoms. The van der Waals surface area contributed by atoms with Gasteiger partial charge in [0.1, 0.15) is 0 Å². The van der Waals surface area contributed by atoms with E-state index in [9.17, 15) is 0 Å². The second-order valence-corrected chi connectivity index (χ2v) is 10.7. The van der Waals surface area contributed by atoms with Gasteiger partial charge in [0.15, 0.2) is 0 Å². The highest BCUT2D eigenvalue weighted by Crippen LogP contribution is 2.59. The Kier molecular flexibility index (Phi) is 3.37. The molecule has 1 atom stereocenters. The summed E-state index contributed by atoms with van der Waals surface area (Å²) < 4.78 is 0. The molecule has 0 rings (SSSR count). The van der Waals surface area contributed by atoms with Gasteiger partial charge in [-0.1, -0.05) is 6.92 Å². The molecule has 0 aromatic carbocycles. The first-order valence-corrected chi connectivity index (χ1v) is 7.16. The predicted octanol–water partition coefficient (Wildman–Crippen LogP) is 2.46. The van der Waals surface area contributed by atoms with Crippen LogP contribution in [-0.2, 0) is 0 Å². The monoisotopic (exact) mass is 137 g/mol. The molecule has 1 unspecified atom stereocenters. The Hall–Kier alpha value is 0.860. The van der Waals surface area contributed by atoms with E-state index in [1.54, 1.807) is 0 Å². The van der Waals surface area contributed by atoms with Crippen molar-refractivity contribution in [2.75, 3.05) is 19.5 Å². The van der Waals surface area contributed by atoms with E-state index < -0.39 is 6.95 Å². The van der Waals surface area contributed by atoms with Crippen molar-refractivity contribution in [1.29, 1.82) is 0 Å². The van der Waals surface area contributed by atoms with Crippen molar-refractivity contribution in [1.82, 2.24) is 0 Å². The fourth-order valence-electron chi connectivity index (χ4n) is 0.576. The van der Waals surface area contributed by atoms with Gasteiger partial charge in [-0.15, -0.1) is 0 Å². The first-order valence-electron chi connectivity index (χ1n) is 2.68. The van der Waals surface area contributed by atoms with Gasteiger partial charge < -0.3 is 0 Å². The van der Waals surface area contributed by atoms with E-state index in [-0.39, 0.29) is 0 Å². The van der Waals surface area contributed by atoms with Crippen LogP contribution < -0.4 is 0 Å². The maximum atomic E-state index is 2.95. The van der Waals surface area contributed by atoms with E-state index in [1.807, 2.05) is 0 Å². The molecule has 0 radical (unpaired) electrons. The van der Waals surface area contributed by atoms with Crippen LogP contribution in [0.5, 0.6) is 0 Å².